The number of aryl methyl sites for hydroxylation is 1. The van der Waals surface area contributed by atoms with Crippen LogP contribution in [-0.2, 0) is 4.74 Å². The van der Waals surface area contributed by atoms with Gasteiger partial charge >= 0.3 is 0 Å². The van der Waals surface area contributed by atoms with Crippen molar-refractivity contribution in [2.45, 2.75) is 13.0 Å². The Labute approximate surface area is 111 Å². The molecule has 0 bridgehead atoms. The summed E-state index contributed by atoms with van der Waals surface area (Å²) in [6.07, 6.45) is 5.55. The Morgan fingerprint density at radius 2 is 2.33 bits per heavy atom. The Balaban J connectivity index is 2.22. The number of rotatable bonds is 6. The van der Waals surface area contributed by atoms with Gasteiger partial charge in [-0.3, -0.25) is 4.98 Å². The maximum absolute atomic E-state index is 5.08. The van der Waals surface area contributed by atoms with Crippen LogP contribution in [0.4, 0.5) is 0 Å². The lowest BCUT2D eigenvalue weighted by Gasteiger charge is -2.18. The molecule has 0 aliphatic heterocycles. The van der Waals surface area contributed by atoms with Gasteiger partial charge in [0.1, 0.15) is 5.01 Å². The van der Waals surface area contributed by atoms with Crippen LogP contribution in [0.15, 0.2) is 30.0 Å². The molecular weight excluding hydrogens is 246 g/mol. The topological polar surface area (TPSA) is 47.0 Å². The minimum atomic E-state index is 0.0915. The molecule has 18 heavy (non-hydrogen) atoms. The van der Waals surface area contributed by atoms with Crippen LogP contribution >= 0.6 is 11.3 Å². The van der Waals surface area contributed by atoms with E-state index in [4.69, 9.17) is 4.74 Å². The van der Waals surface area contributed by atoms with E-state index in [1.165, 1.54) is 11.1 Å². The summed E-state index contributed by atoms with van der Waals surface area (Å²) in [6, 6.07) is 2.11. The third-order valence-electron chi connectivity index (χ3n) is 2.74. The fraction of sp³-hybridized carbons (Fsp3) is 0.385. The molecule has 2 aromatic heterocycles. The van der Waals surface area contributed by atoms with Crippen molar-refractivity contribution in [3.8, 4) is 0 Å². The number of nitrogens with zero attached hydrogens (tertiary/aromatic N) is 2. The van der Waals surface area contributed by atoms with Gasteiger partial charge in [-0.1, -0.05) is 0 Å². The first kappa shape index (κ1) is 13.1. The monoisotopic (exact) mass is 263 g/mol. The summed E-state index contributed by atoms with van der Waals surface area (Å²) in [4.78, 5) is 8.61. The molecule has 0 saturated heterocycles. The largest absolute Gasteiger partial charge is 0.383 e. The number of methoxy groups -OCH3 is 1. The van der Waals surface area contributed by atoms with Crippen LogP contribution in [0.3, 0.4) is 0 Å². The highest BCUT2D eigenvalue weighted by atomic mass is 32.1. The summed E-state index contributed by atoms with van der Waals surface area (Å²) in [7, 11) is 1.70. The molecule has 0 radical (unpaired) electrons. The van der Waals surface area contributed by atoms with Crippen LogP contribution in [0.5, 0.6) is 0 Å². The second-order valence-corrected chi connectivity index (χ2v) is 4.91. The molecule has 1 N–H and O–H groups in total. The molecule has 0 fully saturated rings. The second-order valence-electron chi connectivity index (χ2n) is 3.98. The average Bonchev–Trinajstić information content (AvgIpc) is 2.90. The van der Waals surface area contributed by atoms with E-state index in [9.17, 15) is 0 Å². The molecule has 0 amide bonds. The van der Waals surface area contributed by atoms with Crippen LogP contribution in [0.25, 0.3) is 0 Å². The number of thiazole rings is 1. The SMILES string of the molecule is COCCNC(c1nccs1)c1cnccc1C. The molecule has 96 valence electrons. The Hall–Kier alpha value is -1.30. The van der Waals surface area contributed by atoms with Crippen molar-refractivity contribution in [2.24, 2.45) is 0 Å². The molecule has 2 rings (SSSR count). The molecular formula is C13H17N3OS. The van der Waals surface area contributed by atoms with Crippen LogP contribution in [0, 0.1) is 6.92 Å². The van der Waals surface area contributed by atoms with E-state index in [0.29, 0.717) is 6.61 Å². The number of pyridine rings is 1. The highest BCUT2D eigenvalue weighted by molar-refractivity contribution is 7.09. The molecule has 2 heterocycles. The first-order valence-electron chi connectivity index (χ1n) is 5.85. The number of aromatic nitrogens is 2. The van der Waals surface area contributed by atoms with Gasteiger partial charge in [0.15, 0.2) is 0 Å². The highest BCUT2D eigenvalue weighted by Crippen LogP contribution is 2.25. The average molecular weight is 263 g/mol. The smallest absolute Gasteiger partial charge is 0.114 e. The Kier molecular flexibility index (Phi) is 4.81. The Morgan fingerprint density at radius 3 is 3.00 bits per heavy atom. The van der Waals surface area contributed by atoms with Gasteiger partial charge in [-0.25, -0.2) is 4.98 Å². The summed E-state index contributed by atoms with van der Waals surface area (Å²) in [5, 5.41) is 6.51. The van der Waals surface area contributed by atoms with E-state index in [1.54, 1.807) is 18.4 Å². The Bertz CT molecular complexity index is 473. The van der Waals surface area contributed by atoms with E-state index in [-0.39, 0.29) is 6.04 Å². The predicted octanol–water partition coefficient (Wildman–Crippen LogP) is 2.17. The molecule has 0 aliphatic carbocycles. The molecule has 0 spiro atoms. The molecule has 1 atom stereocenters. The summed E-state index contributed by atoms with van der Waals surface area (Å²) in [6.45, 7) is 3.56. The number of ether oxygens (including phenoxy) is 1. The van der Waals surface area contributed by atoms with Crippen molar-refractivity contribution in [2.75, 3.05) is 20.3 Å². The van der Waals surface area contributed by atoms with E-state index >= 15 is 0 Å². The fourth-order valence-electron chi connectivity index (χ4n) is 1.79. The Morgan fingerprint density at radius 1 is 1.44 bits per heavy atom. The zero-order valence-corrected chi connectivity index (χ0v) is 11.4. The highest BCUT2D eigenvalue weighted by Gasteiger charge is 2.17. The number of hydrogen-bond donors (Lipinski definition) is 1. The third kappa shape index (κ3) is 3.13. The van der Waals surface area contributed by atoms with E-state index in [0.717, 1.165) is 11.6 Å². The van der Waals surface area contributed by atoms with Gasteiger partial charge in [0.05, 0.1) is 12.6 Å². The molecule has 0 aliphatic rings. The summed E-state index contributed by atoms with van der Waals surface area (Å²) in [5.74, 6) is 0. The zero-order valence-electron chi connectivity index (χ0n) is 10.6. The normalized spacial score (nSPS) is 12.6. The van der Waals surface area contributed by atoms with Gasteiger partial charge in [0.25, 0.3) is 0 Å². The first-order chi connectivity index (χ1) is 8.83. The van der Waals surface area contributed by atoms with Gasteiger partial charge in [0, 0.05) is 37.6 Å². The standard InChI is InChI=1S/C13H17N3OS/c1-10-3-4-14-9-11(10)12(15-5-7-17-2)13-16-6-8-18-13/h3-4,6,8-9,12,15H,5,7H2,1-2H3. The fourth-order valence-corrected chi connectivity index (χ4v) is 2.52. The maximum Gasteiger partial charge on any atom is 0.114 e. The molecule has 1 unspecified atom stereocenters. The van der Waals surface area contributed by atoms with Gasteiger partial charge < -0.3 is 10.1 Å². The molecule has 2 aromatic rings. The van der Waals surface area contributed by atoms with Crippen LogP contribution in [-0.4, -0.2) is 30.2 Å². The number of hydrogen-bond acceptors (Lipinski definition) is 5. The lowest BCUT2D eigenvalue weighted by molar-refractivity contribution is 0.197. The number of nitrogens with one attached hydrogen (secondary N) is 1. The van der Waals surface area contributed by atoms with Crippen molar-refractivity contribution >= 4 is 11.3 Å². The molecule has 0 aromatic carbocycles. The molecule has 4 nitrogen and oxygen atoms in total. The van der Waals surface area contributed by atoms with Crippen molar-refractivity contribution in [3.05, 3.63) is 46.2 Å². The summed E-state index contributed by atoms with van der Waals surface area (Å²) >= 11 is 1.65. The summed E-state index contributed by atoms with van der Waals surface area (Å²) < 4.78 is 5.08. The second kappa shape index (κ2) is 6.58. The van der Waals surface area contributed by atoms with Crippen LogP contribution in [0.1, 0.15) is 22.2 Å². The minimum Gasteiger partial charge on any atom is -0.383 e. The van der Waals surface area contributed by atoms with Crippen molar-refractivity contribution in [1.82, 2.24) is 15.3 Å². The van der Waals surface area contributed by atoms with Gasteiger partial charge in [-0.15, -0.1) is 11.3 Å². The van der Waals surface area contributed by atoms with E-state index in [2.05, 4.69) is 22.2 Å². The summed E-state index contributed by atoms with van der Waals surface area (Å²) in [5.41, 5.74) is 2.39. The van der Waals surface area contributed by atoms with Gasteiger partial charge in [-0.2, -0.15) is 0 Å². The van der Waals surface area contributed by atoms with Crippen molar-refractivity contribution in [1.29, 1.82) is 0 Å². The lowest BCUT2D eigenvalue weighted by atomic mass is 10.0. The molecule has 5 heteroatoms. The third-order valence-corrected chi connectivity index (χ3v) is 3.58. The van der Waals surface area contributed by atoms with E-state index in [1.807, 2.05) is 30.0 Å². The van der Waals surface area contributed by atoms with Crippen molar-refractivity contribution in [3.63, 3.8) is 0 Å². The van der Waals surface area contributed by atoms with Crippen LogP contribution < -0.4 is 5.32 Å². The first-order valence-corrected chi connectivity index (χ1v) is 6.73. The van der Waals surface area contributed by atoms with Gasteiger partial charge in [-0.05, 0) is 24.1 Å². The van der Waals surface area contributed by atoms with Gasteiger partial charge in [0.2, 0.25) is 0 Å². The maximum atomic E-state index is 5.08. The quantitative estimate of drug-likeness (QED) is 0.811. The zero-order chi connectivity index (χ0) is 12.8. The van der Waals surface area contributed by atoms with Crippen molar-refractivity contribution < 1.29 is 4.74 Å². The predicted molar refractivity (Wildman–Crippen MR) is 72.8 cm³/mol. The minimum absolute atomic E-state index is 0.0915. The lowest BCUT2D eigenvalue weighted by Crippen LogP contribution is -2.26. The van der Waals surface area contributed by atoms with Crippen LogP contribution in [0.2, 0.25) is 0 Å². The molecule has 0 saturated carbocycles. The van der Waals surface area contributed by atoms with E-state index < -0.39 is 0 Å².